The number of aromatic nitrogens is 1. The van der Waals surface area contributed by atoms with Crippen LogP contribution in [0, 0.1) is 16.0 Å². The molecule has 2 rings (SSSR count). The fourth-order valence-electron chi connectivity index (χ4n) is 3.02. The number of amides is 1. The summed E-state index contributed by atoms with van der Waals surface area (Å²) in [7, 11) is 0. The number of hydrogen-bond acceptors (Lipinski definition) is 4. The molecule has 1 aliphatic rings. The SMILES string of the molecule is CCn1cc([N+](=O)[O-])cc1C(=O)NC(CN)C1CCCC1. The molecule has 0 aliphatic heterocycles. The van der Waals surface area contributed by atoms with Crippen molar-refractivity contribution in [2.45, 2.75) is 45.2 Å². The molecule has 1 unspecified atom stereocenters. The van der Waals surface area contributed by atoms with Crippen LogP contribution in [0.4, 0.5) is 5.69 Å². The molecule has 0 aromatic carbocycles. The molecule has 0 saturated heterocycles. The van der Waals surface area contributed by atoms with E-state index in [1.54, 1.807) is 4.57 Å². The number of nitro groups is 1. The molecule has 0 bridgehead atoms. The average Bonchev–Trinajstić information content (AvgIpc) is 3.12. The summed E-state index contributed by atoms with van der Waals surface area (Å²) < 4.78 is 1.59. The monoisotopic (exact) mass is 294 g/mol. The lowest BCUT2D eigenvalue weighted by Gasteiger charge is -2.23. The quantitative estimate of drug-likeness (QED) is 0.615. The van der Waals surface area contributed by atoms with Gasteiger partial charge in [0.25, 0.3) is 11.6 Å². The number of carbonyl (C=O) groups excluding carboxylic acids is 1. The number of nitrogens with two attached hydrogens (primary N) is 1. The van der Waals surface area contributed by atoms with Crippen LogP contribution in [0.25, 0.3) is 0 Å². The second kappa shape index (κ2) is 6.71. The van der Waals surface area contributed by atoms with E-state index in [-0.39, 0.29) is 17.6 Å². The van der Waals surface area contributed by atoms with Crippen molar-refractivity contribution in [3.63, 3.8) is 0 Å². The smallest absolute Gasteiger partial charge is 0.287 e. The molecule has 1 amide bonds. The molecule has 1 fully saturated rings. The Morgan fingerprint density at radius 1 is 1.57 bits per heavy atom. The Balaban J connectivity index is 2.13. The maximum Gasteiger partial charge on any atom is 0.287 e. The summed E-state index contributed by atoms with van der Waals surface area (Å²) in [6.45, 7) is 2.75. The standard InChI is InChI=1S/C14H22N4O3/c1-2-17-9-11(18(20)21)7-13(17)14(19)16-12(8-15)10-5-3-4-6-10/h7,9-10,12H,2-6,8,15H2,1H3,(H,16,19). The van der Waals surface area contributed by atoms with Gasteiger partial charge < -0.3 is 15.6 Å². The van der Waals surface area contributed by atoms with E-state index >= 15 is 0 Å². The van der Waals surface area contributed by atoms with Gasteiger partial charge in [0.15, 0.2) is 0 Å². The highest BCUT2D eigenvalue weighted by Crippen LogP contribution is 2.27. The molecule has 1 heterocycles. The molecule has 0 radical (unpaired) electrons. The van der Waals surface area contributed by atoms with Crippen LogP contribution in [0.1, 0.15) is 43.1 Å². The fourth-order valence-corrected chi connectivity index (χ4v) is 3.02. The van der Waals surface area contributed by atoms with E-state index in [1.807, 2.05) is 6.92 Å². The van der Waals surface area contributed by atoms with Crippen molar-refractivity contribution in [2.24, 2.45) is 11.7 Å². The normalized spacial score (nSPS) is 16.9. The number of hydrogen-bond donors (Lipinski definition) is 2. The summed E-state index contributed by atoms with van der Waals surface area (Å²) in [4.78, 5) is 22.7. The first-order valence-corrected chi connectivity index (χ1v) is 7.42. The minimum Gasteiger partial charge on any atom is -0.346 e. The largest absolute Gasteiger partial charge is 0.346 e. The van der Waals surface area contributed by atoms with Gasteiger partial charge >= 0.3 is 0 Å². The van der Waals surface area contributed by atoms with Gasteiger partial charge in [0.1, 0.15) is 5.69 Å². The molecule has 0 spiro atoms. The lowest BCUT2D eigenvalue weighted by molar-refractivity contribution is -0.384. The van der Waals surface area contributed by atoms with Gasteiger partial charge in [-0.3, -0.25) is 14.9 Å². The third-order valence-corrected chi connectivity index (χ3v) is 4.21. The molecule has 7 heteroatoms. The highest BCUT2D eigenvalue weighted by atomic mass is 16.6. The summed E-state index contributed by atoms with van der Waals surface area (Å²) in [5, 5.41) is 13.8. The Morgan fingerprint density at radius 3 is 2.76 bits per heavy atom. The van der Waals surface area contributed by atoms with Gasteiger partial charge in [-0.05, 0) is 25.7 Å². The predicted octanol–water partition coefficient (Wildman–Crippen LogP) is 1.66. The average molecular weight is 294 g/mol. The van der Waals surface area contributed by atoms with Crippen molar-refractivity contribution in [3.8, 4) is 0 Å². The number of rotatable bonds is 6. The lowest BCUT2D eigenvalue weighted by atomic mass is 9.98. The van der Waals surface area contributed by atoms with Crippen molar-refractivity contribution in [1.29, 1.82) is 0 Å². The number of carbonyl (C=O) groups is 1. The van der Waals surface area contributed by atoms with Crippen LogP contribution in [0.3, 0.4) is 0 Å². The van der Waals surface area contributed by atoms with E-state index in [0.717, 1.165) is 12.8 Å². The second-order valence-electron chi connectivity index (χ2n) is 5.49. The van der Waals surface area contributed by atoms with Gasteiger partial charge in [-0.15, -0.1) is 0 Å². The third-order valence-electron chi connectivity index (χ3n) is 4.21. The van der Waals surface area contributed by atoms with E-state index in [0.29, 0.717) is 24.7 Å². The predicted molar refractivity (Wildman–Crippen MR) is 79.0 cm³/mol. The Labute approximate surface area is 123 Å². The maximum atomic E-state index is 12.4. The Morgan fingerprint density at radius 2 is 2.24 bits per heavy atom. The van der Waals surface area contributed by atoms with Gasteiger partial charge in [-0.2, -0.15) is 0 Å². The topological polar surface area (TPSA) is 103 Å². The summed E-state index contributed by atoms with van der Waals surface area (Å²) in [5.74, 6) is 0.131. The molecule has 1 saturated carbocycles. The second-order valence-corrected chi connectivity index (χ2v) is 5.49. The molecule has 7 nitrogen and oxygen atoms in total. The van der Waals surface area contributed by atoms with Crippen molar-refractivity contribution < 1.29 is 9.72 Å². The van der Waals surface area contributed by atoms with Gasteiger partial charge in [0.2, 0.25) is 0 Å². The molecule has 1 atom stereocenters. The first-order valence-electron chi connectivity index (χ1n) is 7.42. The number of nitrogens with zero attached hydrogens (tertiary/aromatic N) is 2. The molecule has 116 valence electrons. The summed E-state index contributed by atoms with van der Waals surface area (Å²) in [6.07, 6.45) is 5.90. The zero-order chi connectivity index (χ0) is 15.4. The minimum absolute atomic E-state index is 0.0562. The van der Waals surface area contributed by atoms with Crippen LogP contribution >= 0.6 is 0 Å². The van der Waals surface area contributed by atoms with E-state index in [1.165, 1.54) is 25.1 Å². The van der Waals surface area contributed by atoms with Crippen molar-refractivity contribution in [3.05, 3.63) is 28.1 Å². The van der Waals surface area contributed by atoms with E-state index in [9.17, 15) is 14.9 Å². The fraction of sp³-hybridized carbons (Fsp3) is 0.643. The minimum atomic E-state index is -0.486. The van der Waals surface area contributed by atoms with Gasteiger partial charge in [-0.25, -0.2) is 0 Å². The van der Waals surface area contributed by atoms with Crippen LogP contribution in [0.15, 0.2) is 12.3 Å². The van der Waals surface area contributed by atoms with Crippen LogP contribution in [-0.2, 0) is 6.54 Å². The van der Waals surface area contributed by atoms with Gasteiger partial charge in [0, 0.05) is 25.2 Å². The molecule has 1 aliphatic carbocycles. The first-order chi connectivity index (χ1) is 10.1. The van der Waals surface area contributed by atoms with Crippen LogP contribution < -0.4 is 11.1 Å². The van der Waals surface area contributed by atoms with Gasteiger partial charge in [-0.1, -0.05) is 12.8 Å². The van der Waals surface area contributed by atoms with Crippen LogP contribution in [0.2, 0.25) is 0 Å². The lowest BCUT2D eigenvalue weighted by Crippen LogP contribution is -2.45. The molecule has 21 heavy (non-hydrogen) atoms. The van der Waals surface area contributed by atoms with Crippen LogP contribution in [0.5, 0.6) is 0 Å². The molecule has 1 aromatic rings. The summed E-state index contributed by atoms with van der Waals surface area (Å²) in [6, 6.07) is 1.26. The van der Waals surface area contributed by atoms with E-state index in [2.05, 4.69) is 5.32 Å². The zero-order valence-corrected chi connectivity index (χ0v) is 12.2. The van der Waals surface area contributed by atoms with Gasteiger partial charge in [0.05, 0.1) is 11.1 Å². The zero-order valence-electron chi connectivity index (χ0n) is 12.2. The Hall–Kier alpha value is -1.89. The molecule has 1 aromatic heterocycles. The highest BCUT2D eigenvalue weighted by Gasteiger charge is 2.27. The third kappa shape index (κ3) is 3.41. The molecular weight excluding hydrogens is 272 g/mol. The maximum absolute atomic E-state index is 12.4. The summed E-state index contributed by atoms with van der Waals surface area (Å²) >= 11 is 0. The highest BCUT2D eigenvalue weighted by molar-refractivity contribution is 5.93. The molecule has 3 N–H and O–H groups in total. The number of nitrogens with one attached hydrogen (secondary N) is 1. The first kappa shape index (κ1) is 15.5. The van der Waals surface area contributed by atoms with E-state index < -0.39 is 4.92 Å². The number of aryl methyl sites for hydroxylation is 1. The Bertz CT molecular complexity index is 520. The van der Waals surface area contributed by atoms with Crippen LogP contribution in [-0.4, -0.2) is 28.0 Å². The van der Waals surface area contributed by atoms with Crippen molar-refractivity contribution >= 4 is 11.6 Å². The van der Waals surface area contributed by atoms with Crippen molar-refractivity contribution in [2.75, 3.05) is 6.54 Å². The Kier molecular flexibility index (Phi) is 4.95. The molecular formula is C14H22N4O3. The summed E-state index contributed by atoms with van der Waals surface area (Å²) in [5.41, 5.74) is 6.03. The van der Waals surface area contributed by atoms with Crippen molar-refractivity contribution in [1.82, 2.24) is 9.88 Å². The van der Waals surface area contributed by atoms with E-state index in [4.69, 9.17) is 5.73 Å².